The van der Waals surface area contributed by atoms with Crippen LogP contribution in [0, 0.1) is 0 Å². The number of aromatic hydroxyl groups is 1. The molecule has 4 N–H and O–H groups in total. The van der Waals surface area contributed by atoms with Gasteiger partial charge in [-0.25, -0.2) is 9.78 Å². The van der Waals surface area contributed by atoms with E-state index in [1.54, 1.807) is 0 Å². The maximum absolute atomic E-state index is 11.3. The van der Waals surface area contributed by atoms with Crippen LogP contribution >= 0.6 is 0 Å². The van der Waals surface area contributed by atoms with Crippen LogP contribution in [0.15, 0.2) is 11.1 Å². The highest BCUT2D eigenvalue weighted by Gasteiger charge is 2.31. The van der Waals surface area contributed by atoms with Crippen molar-refractivity contribution in [1.82, 2.24) is 9.97 Å². The molecule has 0 spiro atoms. The minimum atomic E-state index is -1.97. The fourth-order valence-corrected chi connectivity index (χ4v) is 1.18. The number of hydrogen-bond acceptors (Lipinski definition) is 7. The van der Waals surface area contributed by atoms with Crippen LogP contribution in [-0.4, -0.2) is 44.0 Å². The van der Waals surface area contributed by atoms with Gasteiger partial charge in [-0.3, -0.25) is 4.79 Å². The van der Waals surface area contributed by atoms with Crippen LogP contribution in [0.2, 0.25) is 0 Å². The Morgan fingerprint density at radius 3 is 2.76 bits per heavy atom. The van der Waals surface area contributed by atoms with Gasteiger partial charge in [0.2, 0.25) is 5.88 Å². The van der Waals surface area contributed by atoms with E-state index < -0.39 is 35.2 Å². The molecule has 0 aliphatic heterocycles. The predicted molar refractivity (Wildman–Crippen MR) is 54.1 cm³/mol. The smallest absolute Gasteiger partial charge is 0.338 e. The zero-order valence-corrected chi connectivity index (χ0v) is 8.95. The van der Waals surface area contributed by atoms with E-state index in [4.69, 9.17) is 0 Å². The first-order valence-electron chi connectivity index (χ1n) is 4.78. The van der Waals surface area contributed by atoms with Crippen molar-refractivity contribution < 1.29 is 24.9 Å². The number of carbonyl (C=O) groups is 1. The highest BCUT2D eigenvalue weighted by atomic mass is 16.5. The average molecular weight is 244 g/mol. The van der Waals surface area contributed by atoms with Gasteiger partial charge in [0.25, 0.3) is 5.56 Å². The molecule has 1 aromatic heterocycles. The van der Waals surface area contributed by atoms with Crippen molar-refractivity contribution in [2.24, 2.45) is 0 Å². The van der Waals surface area contributed by atoms with Crippen LogP contribution in [0.3, 0.4) is 0 Å². The molecular formula is C9H12N2O6. The molecular weight excluding hydrogens is 232 g/mol. The molecule has 0 aromatic carbocycles. The van der Waals surface area contributed by atoms with Crippen LogP contribution < -0.4 is 5.56 Å². The maximum Gasteiger partial charge on any atom is 0.338 e. The number of nitrogens with one attached hydrogen (secondary N) is 1. The van der Waals surface area contributed by atoms with Gasteiger partial charge in [0.15, 0.2) is 6.10 Å². The van der Waals surface area contributed by atoms with E-state index in [1.807, 2.05) is 0 Å². The third-order valence-electron chi connectivity index (χ3n) is 1.99. The Balaban J connectivity index is 3.00. The van der Waals surface area contributed by atoms with Crippen LogP contribution in [0.25, 0.3) is 0 Å². The van der Waals surface area contributed by atoms with E-state index in [0.29, 0.717) is 0 Å². The molecule has 0 radical (unpaired) electrons. The second kappa shape index (κ2) is 5.41. The number of aliphatic hydroxyl groups excluding tert-OH is 2. The first kappa shape index (κ1) is 13.1. The summed E-state index contributed by atoms with van der Waals surface area (Å²) < 4.78 is 4.46. The highest BCUT2D eigenvalue weighted by Crippen LogP contribution is 2.20. The molecule has 0 aliphatic carbocycles. The van der Waals surface area contributed by atoms with Gasteiger partial charge in [0.05, 0.1) is 12.9 Å². The monoisotopic (exact) mass is 244 g/mol. The maximum atomic E-state index is 11.3. The lowest BCUT2D eigenvalue weighted by Crippen LogP contribution is -2.33. The molecule has 0 amide bonds. The summed E-state index contributed by atoms with van der Waals surface area (Å²) >= 11 is 0. The molecule has 8 nitrogen and oxygen atoms in total. The number of rotatable bonds is 4. The van der Waals surface area contributed by atoms with Crippen molar-refractivity contribution in [3.05, 3.63) is 22.2 Å². The Morgan fingerprint density at radius 2 is 2.24 bits per heavy atom. The molecule has 1 aromatic rings. The lowest BCUT2D eigenvalue weighted by atomic mass is 10.1. The number of nitrogens with zero attached hydrogens (tertiary/aromatic N) is 1. The summed E-state index contributed by atoms with van der Waals surface area (Å²) in [6.45, 7) is 1.53. The summed E-state index contributed by atoms with van der Waals surface area (Å²) in [4.78, 5) is 27.8. The molecule has 0 saturated heterocycles. The summed E-state index contributed by atoms with van der Waals surface area (Å²) in [6.07, 6.45) is -2.96. The van der Waals surface area contributed by atoms with Crippen LogP contribution in [0.5, 0.6) is 5.88 Å². The molecule has 8 heteroatoms. The standard InChI is InChI=1S/C9H12N2O6/c1-2-17-9(16)6(13)5(12)4-7(14)10-3-11-8(4)15/h3,5-6,12-13H,2H2,1H3,(H2,10,11,14,15). The number of esters is 1. The van der Waals surface area contributed by atoms with Gasteiger partial charge in [-0.2, -0.15) is 0 Å². The minimum Gasteiger partial charge on any atom is -0.493 e. The molecule has 0 aliphatic rings. The van der Waals surface area contributed by atoms with Crippen molar-refractivity contribution in [3.8, 4) is 5.88 Å². The number of ether oxygens (including phenoxy) is 1. The van der Waals surface area contributed by atoms with Crippen molar-refractivity contribution in [2.75, 3.05) is 6.61 Å². The molecule has 94 valence electrons. The molecule has 1 rings (SSSR count). The first-order chi connectivity index (χ1) is 7.99. The SMILES string of the molecule is CCOC(=O)C(O)C(O)c1c(O)nc[nH]c1=O. The van der Waals surface area contributed by atoms with Gasteiger partial charge >= 0.3 is 5.97 Å². The van der Waals surface area contributed by atoms with Crippen molar-refractivity contribution >= 4 is 5.97 Å². The van der Waals surface area contributed by atoms with Gasteiger partial charge in [0.1, 0.15) is 11.7 Å². The van der Waals surface area contributed by atoms with Crippen LogP contribution in [-0.2, 0) is 9.53 Å². The van der Waals surface area contributed by atoms with E-state index in [1.165, 1.54) is 6.92 Å². The average Bonchev–Trinajstić information content (AvgIpc) is 2.27. The van der Waals surface area contributed by atoms with Gasteiger partial charge in [0, 0.05) is 0 Å². The second-order valence-corrected chi connectivity index (χ2v) is 3.11. The topological polar surface area (TPSA) is 133 Å². The summed E-state index contributed by atoms with van der Waals surface area (Å²) in [7, 11) is 0. The summed E-state index contributed by atoms with van der Waals surface area (Å²) in [5.41, 5.74) is -1.44. The molecule has 17 heavy (non-hydrogen) atoms. The Morgan fingerprint density at radius 1 is 1.59 bits per heavy atom. The third-order valence-corrected chi connectivity index (χ3v) is 1.99. The summed E-state index contributed by atoms with van der Waals surface area (Å²) in [6, 6.07) is 0. The first-order valence-corrected chi connectivity index (χ1v) is 4.78. The van der Waals surface area contributed by atoms with Gasteiger partial charge in [-0.15, -0.1) is 0 Å². The molecule has 2 atom stereocenters. The molecule has 2 unspecified atom stereocenters. The van der Waals surface area contributed by atoms with E-state index in [0.717, 1.165) is 6.33 Å². The zero-order valence-electron chi connectivity index (χ0n) is 8.95. The minimum absolute atomic E-state index is 0.0119. The number of carbonyl (C=O) groups excluding carboxylic acids is 1. The van der Waals surface area contributed by atoms with Gasteiger partial charge in [-0.05, 0) is 6.92 Å². The van der Waals surface area contributed by atoms with Crippen molar-refractivity contribution in [3.63, 3.8) is 0 Å². The molecule has 1 heterocycles. The van der Waals surface area contributed by atoms with Crippen molar-refractivity contribution in [2.45, 2.75) is 19.1 Å². The predicted octanol–water partition coefficient (Wildman–Crippen LogP) is -1.57. The Bertz CT molecular complexity index is 457. The van der Waals surface area contributed by atoms with Crippen LogP contribution in [0.1, 0.15) is 18.6 Å². The summed E-state index contributed by atoms with van der Waals surface area (Å²) in [5, 5.41) is 28.2. The van der Waals surface area contributed by atoms with E-state index in [9.17, 15) is 24.9 Å². The van der Waals surface area contributed by atoms with Crippen LogP contribution in [0.4, 0.5) is 0 Å². The van der Waals surface area contributed by atoms with E-state index in [2.05, 4.69) is 14.7 Å². The van der Waals surface area contributed by atoms with Crippen molar-refractivity contribution in [1.29, 1.82) is 0 Å². The lowest BCUT2D eigenvalue weighted by Gasteiger charge is -2.15. The number of aliphatic hydroxyl groups is 2. The largest absolute Gasteiger partial charge is 0.493 e. The number of H-pyrrole nitrogens is 1. The lowest BCUT2D eigenvalue weighted by molar-refractivity contribution is -0.159. The Kier molecular flexibility index (Phi) is 4.18. The normalized spacial score (nSPS) is 14.1. The number of aromatic amines is 1. The quantitative estimate of drug-likeness (QED) is 0.470. The van der Waals surface area contributed by atoms with Gasteiger partial charge in [-0.1, -0.05) is 0 Å². The Hall–Kier alpha value is -1.93. The third kappa shape index (κ3) is 2.80. The fraction of sp³-hybridized carbons (Fsp3) is 0.444. The zero-order chi connectivity index (χ0) is 13.0. The Labute approximate surface area is 95.5 Å². The molecule has 0 fully saturated rings. The van der Waals surface area contributed by atoms with E-state index in [-0.39, 0.29) is 6.61 Å². The number of aromatic nitrogens is 2. The highest BCUT2D eigenvalue weighted by molar-refractivity contribution is 5.75. The molecule has 0 bridgehead atoms. The number of hydrogen-bond donors (Lipinski definition) is 4. The molecule has 0 saturated carbocycles. The second-order valence-electron chi connectivity index (χ2n) is 3.11. The van der Waals surface area contributed by atoms with Gasteiger partial charge < -0.3 is 25.0 Å². The summed E-state index contributed by atoms with van der Waals surface area (Å²) in [5.74, 6) is -1.85. The van der Waals surface area contributed by atoms with E-state index >= 15 is 0 Å². The fourth-order valence-electron chi connectivity index (χ4n) is 1.18.